The van der Waals surface area contributed by atoms with Crippen LogP contribution in [0, 0.1) is 0 Å². The Morgan fingerprint density at radius 3 is 2.83 bits per heavy atom. The molecule has 3 aromatic rings. The number of ether oxygens (including phenoxy) is 1. The summed E-state index contributed by atoms with van der Waals surface area (Å²) in [6, 6.07) is 14.3. The van der Waals surface area contributed by atoms with E-state index in [-0.39, 0.29) is 35.6 Å². The van der Waals surface area contributed by atoms with E-state index in [1.54, 1.807) is 0 Å². The lowest BCUT2D eigenvalue weighted by atomic mass is 9.90. The number of halogens is 1. The summed E-state index contributed by atoms with van der Waals surface area (Å²) in [5, 5.41) is 15.5. The first-order valence-electron chi connectivity index (χ1n) is 10.2. The molecule has 1 aromatic carbocycles. The Hall–Kier alpha value is -2.36. The molecule has 1 aliphatic heterocycles. The molecule has 160 valence electrons. The molecule has 0 radical (unpaired) electrons. The zero-order chi connectivity index (χ0) is 20.3. The molecule has 8 heteroatoms. The number of rotatable bonds is 5. The number of fused-ring (bicyclic) bond motifs is 2. The molecule has 0 fully saturated rings. The van der Waals surface area contributed by atoms with Crippen molar-refractivity contribution >= 4 is 35.6 Å². The lowest BCUT2D eigenvalue weighted by Gasteiger charge is -2.38. The van der Waals surface area contributed by atoms with Crippen molar-refractivity contribution < 1.29 is 4.74 Å². The third-order valence-corrected chi connectivity index (χ3v) is 5.02. The van der Waals surface area contributed by atoms with Gasteiger partial charge in [0.15, 0.2) is 11.6 Å². The van der Waals surface area contributed by atoms with Crippen LogP contribution in [-0.2, 0) is 6.42 Å². The van der Waals surface area contributed by atoms with Crippen molar-refractivity contribution in [3.05, 3.63) is 60.0 Å². The number of pyridine rings is 1. The van der Waals surface area contributed by atoms with E-state index < -0.39 is 0 Å². The quantitative estimate of drug-likeness (QED) is 0.305. The van der Waals surface area contributed by atoms with Gasteiger partial charge in [0.1, 0.15) is 17.2 Å². The van der Waals surface area contributed by atoms with Gasteiger partial charge in [-0.2, -0.15) is 0 Å². The van der Waals surface area contributed by atoms with Crippen LogP contribution in [0.5, 0.6) is 5.75 Å². The van der Waals surface area contributed by atoms with Gasteiger partial charge in [-0.3, -0.25) is 9.39 Å². The number of hydrogen-bond acceptors (Lipinski definition) is 4. The number of aromatic nitrogens is 3. The summed E-state index contributed by atoms with van der Waals surface area (Å²) in [5.74, 6) is 2.66. The van der Waals surface area contributed by atoms with Crippen molar-refractivity contribution in [3.8, 4) is 5.75 Å². The second-order valence-corrected chi connectivity index (χ2v) is 7.86. The van der Waals surface area contributed by atoms with Crippen LogP contribution in [0.2, 0.25) is 0 Å². The number of hydrogen-bond donors (Lipinski definition) is 2. The number of guanidine groups is 1. The van der Waals surface area contributed by atoms with Crippen LogP contribution in [0.1, 0.15) is 44.6 Å². The summed E-state index contributed by atoms with van der Waals surface area (Å²) < 4.78 is 8.15. The van der Waals surface area contributed by atoms with Crippen LogP contribution in [0.15, 0.2) is 53.7 Å². The SMILES string of the molecule is CCNC(=NCCc1nnc2ccccn12)NC1CC(C)(C)Oc2ccccc21.I. The minimum atomic E-state index is -0.232. The molecular formula is C22H29IN6O. The minimum Gasteiger partial charge on any atom is -0.487 e. The van der Waals surface area contributed by atoms with E-state index in [0.717, 1.165) is 42.6 Å². The molecule has 0 aliphatic carbocycles. The van der Waals surface area contributed by atoms with Crippen molar-refractivity contribution in [3.63, 3.8) is 0 Å². The molecule has 0 spiro atoms. The van der Waals surface area contributed by atoms with Gasteiger partial charge in [0, 0.05) is 37.7 Å². The van der Waals surface area contributed by atoms with Crippen LogP contribution >= 0.6 is 24.0 Å². The summed E-state index contributed by atoms with van der Waals surface area (Å²) >= 11 is 0. The molecule has 4 rings (SSSR count). The Morgan fingerprint density at radius 1 is 1.20 bits per heavy atom. The van der Waals surface area contributed by atoms with Gasteiger partial charge in [-0.15, -0.1) is 34.2 Å². The lowest BCUT2D eigenvalue weighted by Crippen LogP contribution is -2.45. The molecule has 3 heterocycles. The second-order valence-electron chi connectivity index (χ2n) is 7.86. The van der Waals surface area contributed by atoms with Crippen molar-refractivity contribution in [1.29, 1.82) is 0 Å². The third kappa shape index (κ3) is 5.03. The summed E-state index contributed by atoms with van der Waals surface area (Å²) in [6.07, 6.45) is 3.57. The Morgan fingerprint density at radius 2 is 2.00 bits per heavy atom. The normalized spacial score (nSPS) is 17.6. The van der Waals surface area contributed by atoms with Gasteiger partial charge >= 0.3 is 0 Å². The smallest absolute Gasteiger partial charge is 0.191 e. The molecule has 2 N–H and O–H groups in total. The highest BCUT2D eigenvalue weighted by atomic mass is 127. The molecule has 7 nitrogen and oxygen atoms in total. The van der Waals surface area contributed by atoms with E-state index in [1.165, 1.54) is 5.56 Å². The maximum atomic E-state index is 6.14. The zero-order valence-corrected chi connectivity index (χ0v) is 20.0. The highest BCUT2D eigenvalue weighted by Crippen LogP contribution is 2.39. The number of nitrogens with zero attached hydrogens (tertiary/aromatic N) is 4. The number of para-hydroxylation sites is 1. The maximum absolute atomic E-state index is 6.14. The molecule has 1 aliphatic rings. The molecule has 0 amide bonds. The van der Waals surface area contributed by atoms with Crippen LogP contribution in [-0.4, -0.2) is 39.2 Å². The Labute approximate surface area is 194 Å². The zero-order valence-electron chi connectivity index (χ0n) is 17.6. The van der Waals surface area contributed by atoms with Crippen molar-refractivity contribution in [1.82, 2.24) is 25.2 Å². The van der Waals surface area contributed by atoms with Crippen LogP contribution in [0.25, 0.3) is 5.65 Å². The predicted molar refractivity (Wildman–Crippen MR) is 130 cm³/mol. The fraction of sp³-hybridized carbons (Fsp3) is 0.409. The summed E-state index contributed by atoms with van der Waals surface area (Å²) in [6.45, 7) is 7.74. The molecule has 0 saturated carbocycles. The highest BCUT2D eigenvalue weighted by Gasteiger charge is 2.33. The van der Waals surface area contributed by atoms with E-state index in [0.29, 0.717) is 6.54 Å². The summed E-state index contributed by atoms with van der Waals surface area (Å²) in [4.78, 5) is 4.78. The van der Waals surface area contributed by atoms with Crippen molar-refractivity contribution in [2.75, 3.05) is 13.1 Å². The van der Waals surface area contributed by atoms with E-state index in [1.807, 2.05) is 40.9 Å². The topological polar surface area (TPSA) is 75.8 Å². The van der Waals surface area contributed by atoms with E-state index in [9.17, 15) is 0 Å². The minimum absolute atomic E-state index is 0. The highest BCUT2D eigenvalue weighted by molar-refractivity contribution is 14.0. The van der Waals surface area contributed by atoms with Crippen molar-refractivity contribution in [2.45, 2.75) is 45.3 Å². The van der Waals surface area contributed by atoms with Gasteiger partial charge in [0.2, 0.25) is 0 Å². The molecule has 30 heavy (non-hydrogen) atoms. The summed E-state index contributed by atoms with van der Waals surface area (Å²) in [7, 11) is 0. The van der Waals surface area contributed by atoms with Crippen LogP contribution in [0.3, 0.4) is 0 Å². The maximum Gasteiger partial charge on any atom is 0.191 e. The monoisotopic (exact) mass is 520 g/mol. The largest absolute Gasteiger partial charge is 0.487 e. The lowest BCUT2D eigenvalue weighted by molar-refractivity contribution is 0.0694. The predicted octanol–water partition coefficient (Wildman–Crippen LogP) is 3.75. The molecule has 0 saturated heterocycles. The molecular weight excluding hydrogens is 491 g/mol. The molecule has 1 unspecified atom stereocenters. The fourth-order valence-corrected chi connectivity index (χ4v) is 3.75. The molecule has 1 atom stereocenters. The molecule has 2 aromatic heterocycles. The third-order valence-electron chi connectivity index (χ3n) is 5.02. The Balaban J connectivity index is 0.00000256. The first-order valence-corrected chi connectivity index (χ1v) is 10.2. The van der Waals surface area contributed by atoms with E-state index in [2.05, 4.69) is 53.7 Å². The standard InChI is InChI=1S/C22H28N6O.HI/c1-4-23-21(24-13-12-20-27-26-19-11-7-8-14-28(19)20)25-17-15-22(2,3)29-18-10-6-5-9-16(17)18;/h5-11,14,17H,4,12-13,15H2,1-3H3,(H2,23,24,25);1H. The van der Waals surface area contributed by atoms with Crippen LogP contribution in [0.4, 0.5) is 0 Å². The van der Waals surface area contributed by atoms with E-state index >= 15 is 0 Å². The van der Waals surface area contributed by atoms with Gasteiger partial charge in [0.25, 0.3) is 0 Å². The first kappa shape index (κ1) is 22.3. The second kappa shape index (κ2) is 9.63. The number of benzene rings is 1. The fourth-order valence-electron chi connectivity index (χ4n) is 3.75. The Kier molecular flexibility index (Phi) is 7.17. The van der Waals surface area contributed by atoms with Crippen LogP contribution < -0.4 is 15.4 Å². The Bertz CT molecular complexity index is 1020. The number of aliphatic imine (C=N–C) groups is 1. The van der Waals surface area contributed by atoms with E-state index in [4.69, 9.17) is 9.73 Å². The van der Waals surface area contributed by atoms with Gasteiger partial charge in [0.05, 0.1) is 6.04 Å². The van der Waals surface area contributed by atoms with Gasteiger partial charge in [-0.1, -0.05) is 24.3 Å². The van der Waals surface area contributed by atoms with Gasteiger partial charge < -0.3 is 15.4 Å². The number of nitrogens with one attached hydrogen (secondary N) is 2. The average Bonchev–Trinajstić information content (AvgIpc) is 3.10. The first-order chi connectivity index (χ1) is 14.1. The van der Waals surface area contributed by atoms with Gasteiger partial charge in [-0.25, -0.2) is 0 Å². The molecule has 0 bridgehead atoms. The average molecular weight is 520 g/mol. The van der Waals surface area contributed by atoms with Crippen molar-refractivity contribution in [2.24, 2.45) is 4.99 Å². The summed E-state index contributed by atoms with van der Waals surface area (Å²) in [5.41, 5.74) is 1.79. The van der Waals surface area contributed by atoms with Gasteiger partial charge in [-0.05, 0) is 39.0 Å².